The van der Waals surface area contributed by atoms with Crippen molar-refractivity contribution < 1.29 is 0 Å². The average Bonchev–Trinajstić information content (AvgIpc) is 2.30. The molecule has 0 radical (unpaired) electrons. The predicted molar refractivity (Wildman–Crippen MR) is 37.5 cm³/mol. The van der Waals surface area contributed by atoms with Gasteiger partial charge < -0.3 is 5.32 Å². The van der Waals surface area contributed by atoms with Crippen LogP contribution in [0.4, 0.5) is 5.69 Å². The Morgan fingerprint density at radius 1 is 1.80 bits per heavy atom. The van der Waals surface area contributed by atoms with Gasteiger partial charge in [0.2, 0.25) is 0 Å². The molecule has 0 unspecified atom stereocenters. The average molecular weight is 136 g/mol. The fourth-order valence-corrected chi connectivity index (χ4v) is 0.754. The third-order valence-corrected chi connectivity index (χ3v) is 1.20. The van der Waals surface area contributed by atoms with Crippen LogP contribution in [-0.2, 0) is 7.05 Å². The van der Waals surface area contributed by atoms with E-state index >= 15 is 0 Å². The predicted octanol–water partition coefficient (Wildman–Crippen LogP) is 0.333. The van der Waals surface area contributed by atoms with Gasteiger partial charge in [-0.2, -0.15) is 10.4 Å². The Morgan fingerprint density at radius 2 is 2.50 bits per heavy atom. The summed E-state index contributed by atoms with van der Waals surface area (Å²) in [5.41, 5.74) is 1.20. The molecule has 0 bridgehead atoms. The Morgan fingerprint density at radius 3 is 2.90 bits per heavy atom. The molecule has 1 rings (SSSR count). The van der Waals surface area contributed by atoms with Crippen LogP contribution in [0.3, 0.4) is 0 Å². The molecule has 0 aliphatic carbocycles. The van der Waals surface area contributed by atoms with Gasteiger partial charge in [-0.25, -0.2) is 0 Å². The molecular weight excluding hydrogens is 128 g/mol. The molecular formula is C6H8N4. The van der Waals surface area contributed by atoms with Gasteiger partial charge in [-0.15, -0.1) is 0 Å². The van der Waals surface area contributed by atoms with Gasteiger partial charge in [0.05, 0.1) is 5.69 Å². The summed E-state index contributed by atoms with van der Waals surface area (Å²) >= 11 is 0. The highest BCUT2D eigenvalue weighted by molar-refractivity contribution is 5.51. The summed E-state index contributed by atoms with van der Waals surface area (Å²) < 4.78 is 1.60. The van der Waals surface area contributed by atoms with Crippen LogP contribution >= 0.6 is 0 Å². The van der Waals surface area contributed by atoms with E-state index in [1.54, 1.807) is 25.0 Å². The normalized spacial score (nSPS) is 8.90. The van der Waals surface area contributed by atoms with Crippen LogP contribution in [0, 0.1) is 11.3 Å². The first-order valence-electron chi connectivity index (χ1n) is 2.89. The maximum Gasteiger partial charge on any atom is 0.185 e. The molecule has 10 heavy (non-hydrogen) atoms. The molecule has 1 aromatic rings. The molecule has 0 spiro atoms. The van der Waals surface area contributed by atoms with Crippen molar-refractivity contribution in [1.82, 2.24) is 9.78 Å². The molecule has 4 heteroatoms. The van der Waals surface area contributed by atoms with Crippen LogP contribution in [0.5, 0.6) is 0 Å². The van der Waals surface area contributed by atoms with E-state index in [2.05, 4.69) is 10.4 Å². The van der Waals surface area contributed by atoms with Crippen molar-refractivity contribution in [1.29, 1.82) is 5.26 Å². The molecule has 0 saturated heterocycles. The molecule has 0 aliphatic heterocycles. The molecule has 0 aromatic carbocycles. The standard InChI is InChI=1S/C6H8N4/c1-8-6-4-10(2)9-5(6)3-7/h4,8H,1-2H3. The van der Waals surface area contributed by atoms with Gasteiger partial charge in [-0.3, -0.25) is 4.68 Å². The third-order valence-electron chi connectivity index (χ3n) is 1.20. The molecule has 1 N–H and O–H groups in total. The second-order valence-electron chi connectivity index (χ2n) is 1.93. The second kappa shape index (κ2) is 2.40. The lowest BCUT2D eigenvalue weighted by Crippen LogP contribution is -1.87. The Bertz CT molecular complexity index is 268. The lowest BCUT2D eigenvalue weighted by molar-refractivity contribution is 0.763. The first-order chi connectivity index (χ1) is 4.77. The Labute approximate surface area is 59.1 Å². The van der Waals surface area contributed by atoms with Crippen LogP contribution in [0.25, 0.3) is 0 Å². The van der Waals surface area contributed by atoms with Crippen molar-refractivity contribution in [2.75, 3.05) is 12.4 Å². The van der Waals surface area contributed by atoms with E-state index in [1.807, 2.05) is 6.07 Å². The minimum Gasteiger partial charge on any atom is -0.384 e. The van der Waals surface area contributed by atoms with E-state index in [-0.39, 0.29) is 0 Å². The van der Waals surface area contributed by atoms with Crippen molar-refractivity contribution in [3.63, 3.8) is 0 Å². The quantitative estimate of drug-likeness (QED) is 0.605. The highest BCUT2D eigenvalue weighted by atomic mass is 15.3. The topological polar surface area (TPSA) is 53.6 Å². The van der Waals surface area contributed by atoms with Crippen LogP contribution in [0.2, 0.25) is 0 Å². The molecule has 1 aromatic heterocycles. The Hall–Kier alpha value is -1.50. The first kappa shape index (κ1) is 6.62. The lowest BCUT2D eigenvalue weighted by atomic mass is 10.4. The number of nitrogens with zero attached hydrogens (tertiary/aromatic N) is 3. The van der Waals surface area contributed by atoms with Crippen LogP contribution in [0.1, 0.15) is 5.69 Å². The van der Waals surface area contributed by atoms with Crippen molar-refractivity contribution in [3.8, 4) is 6.07 Å². The number of hydrogen-bond acceptors (Lipinski definition) is 3. The fraction of sp³-hybridized carbons (Fsp3) is 0.333. The molecule has 1 heterocycles. The third kappa shape index (κ3) is 0.935. The number of rotatable bonds is 1. The monoisotopic (exact) mass is 136 g/mol. The van der Waals surface area contributed by atoms with Gasteiger partial charge in [0.15, 0.2) is 5.69 Å². The summed E-state index contributed by atoms with van der Waals surface area (Å²) in [7, 11) is 3.54. The molecule has 0 fully saturated rings. The number of aryl methyl sites for hydroxylation is 1. The number of nitrogens with one attached hydrogen (secondary N) is 1. The zero-order chi connectivity index (χ0) is 7.56. The van der Waals surface area contributed by atoms with Crippen LogP contribution < -0.4 is 5.32 Å². The largest absolute Gasteiger partial charge is 0.384 e. The van der Waals surface area contributed by atoms with E-state index in [4.69, 9.17) is 5.26 Å². The van der Waals surface area contributed by atoms with Crippen LogP contribution in [0.15, 0.2) is 6.20 Å². The van der Waals surface area contributed by atoms with Gasteiger partial charge >= 0.3 is 0 Å². The summed E-state index contributed by atoms with van der Waals surface area (Å²) in [6.45, 7) is 0. The lowest BCUT2D eigenvalue weighted by Gasteiger charge is -1.89. The highest BCUT2D eigenvalue weighted by Gasteiger charge is 2.02. The smallest absolute Gasteiger partial charge is 0.185 e. The maximum atomic E-state index is 8.50. The minimum absolute atomic E-state index is 0.435. The molecule has 4 nitrogen and oxygen atoms in total. The van der Waals surface area contributed by atoms with Gasteiger partial charge in [0.25, 0.3) is 0 Å². The second-order valence-corrected chi connectivity index (χ2v) is 1.93. The van der Waals surface area contributed by atoms with Gasteiger partial charge in [0, 0.05) is 20.3 Å². The Kier molecular flexibility index (Phi) is 1.59. The summed E-state index contributed by atoms with van der Waals surface area (Å²) in [5, 5.41) is 15.3. The van der Waals surface area contributed by atoms with Gasteiger partial charge in [0.1, 0.15) is 6.07 Å². The number of anilines is 1. The van der Waals surface area contributed by atoms with Gasteiger partial charge in [-0.1, -0.05) is 0 Å². The molecule has 0 aliphatic rings. The number of nitriles is 1. The van der Waals surface area contributed by atoms with E-state index in [0.717, 1.165) is 5.69 Å². The molecule has 0 amide bonds. The van der Waals surface area contributed by atoms with E-state index in [9.17, 15) is 0 Å². The van der Waals surface area contributed by atoms with Crippen LogP contribution in [-0.4, -0.2) is 16.8 Å². The SMILES string of the molecule is CNc1cn(C)nc1C#N. The van der Waals surface area contributed by atoms with E-state index in [0.29, 0.717) is 5.69 Å². The summed E-state index contributed by atoms with van der Waals surface area (Å²) in [6, 6.07) is 1.97. The number of aromatic nitrogens is 2. The zero-order valence-corrected chi connectivity index (χ0v) is 5.92. The van der Waals surface area contributed by atoms with E-state index in [1.165, 1.54) is 0 Å². The van der Waals surface area contributed by atoms with Crippen molar-refractivity contribution >= 4 is 5.69 Å². The van der Waals surface area contributed by atoms with Crippen molar-refractivity contribution in [3.05, 3.63) is 11.9 Å². The molecule has 0 atom stereocenters. The number of hydrogen-bond donors (Lipinski definition) is 1. The van der Waals surface area contributed by atoms with Crippen molar-refractivity contribution in [2.24, 2.45) is 7.05 Å². The van der Waals surface area contributed by atoms with Crippen molar-refractivity contribution in [2.45, 2.75) is 0 Å². The maximum absolute atomic E-state index is 8.50. The summed E-state index contributed by atoms with van der Waals surface area (Å²) in [4.78, 5) is 0. The zero-order valence-electron chi connectivity index (χ0n) is 5.92. The summed E-state index contributed by atoms with van der Waals surface area (Å²) in [6.07, 6.45) is 1.76. The fourth-order valence-electron chi connectivity index (χ4n) is 0.754. The van der Waals surface area contributed by atoms with Gasteiger partial charge in [-0.05, 0) is 0 Å². The summed E-state index contributed by atoms with van der Waals surface area (Å²) in [5.74, 6) is 0. The molecule has 0 saturated carbocycles. The van der Waals surface area contributed by atoms with E-state index < -0.39 is 0 Å². The highest BCUT2D eigenvalue weighted by Crippen LogP contribution is 2.09. The molecule has 52 valence electrons. The Balaban J connectivity index is 3.12. The minimum atomic E-state index is 0.435. The first-order valence-corrected chi connectivity index (χ1v) is 2.89.